The van der Waals surface area contributed by atoms with Gasteiger partial charge >= 0.3 is 0 Å². The summed E-state index contributed by atoms with van der Waals surface area (Å²) in [7, 11) is 1.71. The number of anilines is 1. The van der Waals surface area contributed by atoms with Gasteiger partial charge in [-0.2, -0.15) is 0 Å². The molecule has 0 spiro atoms. The number of nitrogens with two attached hydrogens (primary N) is 1. The SMILES string of the molecule is COc1ccc(C(C)C)cc1CCc1cnc(N)[nH]1. The van der Waals surface area contributed by atoms with E-state index in [2.05, 4.69) is 35.9 Å². The van der Waals surface area contributed by atoms with Crippen molar-refractivity contribution in [2.75, 3.05) is 12.8 Å². The van der Waals surface area contributed by atoms with Gasteiger partial charge in [0.25, 0.3) is 0 Å². The number of nitrogen functional groups attached to an aromatic ring is 1. The van der Waals surface area contributed by atoms with E-state index in [4.69, 9.17) is 10.5 Å². The molecule has 0 bridgehead atoms. The van der Waals surface area contributed by atoms with Crippen molar-refractivity contribution in [2.24, 2.45) is 0 Å². The highest BCUT2D eigenvalue weighted by atomic mass is 16.5. The quantitative estimate of drug-likeness (QED) is 0.867. The number of ether oxygens (including phenoxy) is 1. The first kappa shape index (κ1) is 13.5. The zero-order valence-electron chi connectivity index (χ0n) is 11.7. The Labute approximate surface area is 114 Å². The van der Waals surface area contributed by atoms with Gasteiger partial charge in [0.15, 0.2) is 5.95 Å². The van der Waals surface area contributed by atoms with Crippen LogP contribution in [-0.2, 0) is 12.8 Å². The van der Waals surface area contributed by atoms with E-state index in [0.717, 1.165) is 24.3 Å². The second-order valence-corrected chi connectivity index (χ2v) is 5.02. The lowest BCUT2D eigenvalue weighted by molar-refractivity contribution is 0.409. The minimum absolute atomic E-state index is 0.470. The predicted molar refractivity (Wildman–Crippen MR) is 77.5 cm³/mol. The average Bonchev–Trinajstić information content (AvgIpc) is 2.81. The molecular weight excluding hydrogens is 238 g/mol. The average molecular weight is 259 g/mol. The number of aryl methyl sites for hydroxylation is 2. The number of H-pyrrole nitrogens is 1. The number of hydrogen-bond donors (Lipinski definition) is 2. The maximum Gasteiger partial charge on any atom is 0.197 e. The minimum atomic E-state index is 0.470. The fourth-order valence-electron chi connectivity index (χ4n) is 2.13. The van der Waals surface area contributed by atoms with Crippen molar-refractivity contribution in [3.63, 3.8) is 0 Å². The Morgan fingerprint density at radius 3 is 2.68 bits per heavy atom. The summed E-state index contributed by atoms with van der Waals surface area (Å²) >= 11 is 0. The van der Waals surface area contributed by atoms with Crippen molar-refractivity contribution in [1.29, 1.82) is 0 Å². The Balaban J connectivity index is 2.15. The molecule has 0 fully saturated rings. The monoisotopic (exact) mass is 259 g/mol. The molecule has 0 saturated carbocycles. The molecule has 102 valence electrons. The number of imidazole rings is 1. The highest BCUT2D eigenvalue weighted by Crippen LogP contribution is 2.25. The molecular formula is C15H21N3O. The second-order valence-electron chi connectivity index (χ2n) is 5.02. The molecule has 1 heterocycles. The second kappa shape index (κ2) is 5.78. The first-order valence-electron chi connectivity index (χ1n) is 6.56. The molecule has 1 aromatic heterocycles. The number of benzene rings is 1. The number of nitrogens with zero attached hydrogens (tertiary/aromatic N) is 1. The third-order valence-corrected chi connectivity index (χ3v) is 3.28. The van der Waals surface area contributed by atoms with Gasteiger partial charge in [0.2, 0.25) is 0 Å². The zero-order chi connectivity index (χ0) is 13.8. The molecule has 2 aromatic rings. The Hall–Kier alpha value is -1.97. The standard InChI is InChI=1S/C15H21N3O/c1-10(2)11-5-7-14(19-3)12(8-11)4-6-13-9-17-15(16)18-13/h5,7-10H,4,6H2,1-3H3,(H3,16,17,18). The molecule has 3 N–H and O–H groups in total. The van der Waals surface area contributed by atoms with Crippen LogP contribution in [0.2, 0.25) is 0 Å². The van der Waals surface area contributed by atoms with Gasteiger partial charge in [0.1, 0.15) is 5.75 Å². The molecule has 19 heavy (non-hydrogen) atoms. The predicted octanol–water partition coefficient (Wildman–Crippen LogP) is 2.91. The fraction of sp³-hybridized carbons (Fsp3) is 0.400. The van der Waals surface area contributed by atoms with Gasteiger partial charge in [0.05, 0.1) is 13.3 Å². The van der Waals surface area contributed by atoms with Crippen LogP contribution in [0.15, 0.2) is 24.4 Å². The van der Waals surface area contributed by atoms with Gasteiger partial charge < -0.3 is 15.5 Å². The van der Waals surface area contributed by atoms with E-state index in [1.54, 1.807) is 13.3 Å². The normalized spacial score (nSPS) is 10.9. The molecule has 4 heteroatoms. The number of aromatic nitrogens is 2. The molecule has 0 radical (unpaired) electrons. The van der Waals surface area contributed by atoms with Crippen LogP contribution < -0.4 is 10.5 Å². The van der Waals surface area contributed by atoms with Crippen molar-refractivity contribution in [1.82, 2.24) is 9.97 Å². The number of nitrogens with one attached hydrogen (secondary N) is 1. The molecule has 0 saturated heterocycles. The van der Waals surface area contributed by atoms with Crippen LogP contribution in [0.1, 0.15) is 36.6 Å². The largest absolute Gasteiger partial charge is 0.496 e. The van der Waals surface area contributed by atoms with Crippen LogP contribution in [0.5, 0.6) is 5.75 Å². The molecule has 4 nitrogen and oxygen atoms in total. The molecule has 0 aliphatic carbocycles. The maximum absolute atomic E-state index is 5.58. The molecule has 0 aliphatic rings. The number of hydrogen-bond acceptors (Lipinski definition) is 3. The van der Waals surface area contributed by atoms with Gasteiger partial charge in [-0.1, -0.05) is 26.0 Å². The van der Waals surface area contributed by atoms with Crippen LogP contribution in [0.4, 0.5) is 5.95 Å². The van der Waals surface area contributed by atoms with E-state index in [9.17, 15) is 0 Å². The van der Waals surface area contributed by atoms with Crippen LogP contribution >= 0.6 is 0 Å². The Kier molecular flexibility index (Phi) is 4.10. The molecule has 0 amide bonds. The molecule has 0 atom stereocenters. The molecule has 0 aliphatic heterocycles. The lowest BCUT2D eigenvalue weighted by Gasteiger charge is -2.12. The fourth-order valence-corrected chi connectivity index (χ4v) is 2.13. The molecule has 2 rings (SSSR count). The van der Waals surface area contributed by atoms with Crippen LogP contribution in [0.25, 0.3) is 0 Å². The first-order chi connectivity index (χ1) is 9.10. The van der Waals surface area contributed by atoms with E-state index < -0.39 is 0 Å². The summed E-state index contributed by atoms with van der Waals surface area (Å²) in [6.45, 7) is 4.39. The highest BCUT2D eigenvalue weighted by Gasteiger charge is 2.08. The zero-order valence-corrected chi connectivity index (χ0v) is 11.7. The van der Waals surface area contributed by atoms with E-state index in [1.165, 1.54) is 11.1 Å². The van der Waals surface area contributed by atoms with E-state index in [0.29, 0.717) is 11.9 Å². The van der Waals surface area contributed by atoms with Gasteiger partial charge in [-0.05, 0) is 36.0 Å². The number of rotatable bonds is 5. The lowest BCUT2D eigenvalue weighted by atomic mass is 9.98. The molecule has 0 unspecified atom stereocenters. The summed E-state index contributed by atoms with van der Waals surface area (Å²) in [5, 5.41) is 0. The van der Waals surface area contributed by atoms with Gasteiger partial charge in [0, 0.05) is 5.69 Å². The lowest BCUT2D eigenvalue weighted by Crippen LogP contribution is -1.98. The summed E-state index contributed by atoms with van der Waals surface area (Å²) in [5.74, 6) is 1.93. The van der Waals surface area contributed by atoms with Crippen molar-refractivity contribution >= 4 is 5.95 Å². The summed E-state index contributed by atoms with van der Waals surface area (Å²) in [6.07, 6.45) is 3.57. The first-order valence-corrected chi connectivity index (χ1v) is 6.56. The Bertz CT molecular complexity index is 546. The minimum Gasteiger partial charge on any atom is -0.496 e. The smallest absolute Gasteiger partial charge is 0.197 e. The van der Waals surface area contributed by atoms with Gasteiger partial charge in [-0.25, -0.2) is 4.98 Å². The summed E-state index contributed by atoms with van der Waals surface area (Å²) in [4.78, 5) is 7.06. The Morgan fingerprint density at radius 2 is 2.11 bits per heavy atom. The third-order valence-electron chi connectivity index (χ3n) is 3.28. The molecule has 1 aromatic carbocycles. The summed E-state index contributed by atoms with van der Waals surface area (Å²) < 4.78 is 5.42. The van der Waals surface area contributed by atoms with E-state index in [1.807, 2.05) is 6.07 Å². The van der Waals surface area contributed by atoms with Crippen LogP contribution in [0.3, 0.4) is 0 Å². The third kappa shape index (κ3) is 3.28. The number of aromatic amines is 1. The van der Waals surface area contributed by atoms with Crippen LogP contribution in [-0.4, -0.2) is 17.1 Å². The Morgan fingerprint density at radius 1 is 1.32 bits per heavy atom. The van der Waals surface area contributed by atoms with E-state index >= 15 is 0 Å². The van der Waals surface area contributed by atoms with Gasteiger partial charge in [-0.3, -0.25) is 0 Å². The van der Waals surface area contributed by atoms with Crippen molar-refractivity contribution < 1.29 is 4.74 Å². The number of methoxy groups -OCH3 is 1. The van der Waals surface area contributed by atoms with Crippen molar-refractivity contribution in [3.05, 3.63) is 41.2 Å². The summed E-state index contributed by atoms with van der Waals surface area (Å²) in [6, 6.07) is 6.40. The van der Waals surface area contributed by atoms with Crippen molar-refractivity contribution in [3.8, 4) is 5.75 Å². The van der Waals surface area contributed by atoms with E-state index in [-0.39, 0.29) is 0 Å². The summed E-state index contributed by atoms with van der Waals surface area (Å²) in [5.41, 5.74) is 9.18. The van der Waals surface area contributed by atoms with Crippen molar-refractivity contribution in [2.45, 2.75) is 32.6 Å². The highest BCUT2D eigenvalue weighted by molar-refractivity contribution is 5.39. The topological polar surface area (TPSA) is 63.9 Å². The van der Waals surface area contributed by atoms with Gasteiger partial charge in [-0.15, -0.1) is 0 Å². The maximum atomic E-state index is 5.58. The van der Waals surface area contributed by atoms with Crippen LogP contribution in [0, 0.1) is 0 Å².